The topological polar surface area (TPSA) is 65.5 Å². The van der Waals surface area contributed by atoms with Crippen LogP contribution >= 0.6 is 0 Å². The first-order valence-electron chi connectivity index (χ1n) is 6.37. The van der Waals surface area contributed by atoms with Gasteiger partial charge in [0.25, 0.3) is 5.91 Å². The van der Waals surface area contributed by atoms with Gasteiger partial charge in [-0.05, 0) is 25.8 Å². The highest BCUT2D eigenvalue weighted by molar-refractivity contribution is 5.99. The number of aromatic nitrogens is 1. The molecular weight excluding hydrogens is 230 g/mol. The fraction of sp³-hybridized carbons (Fsp3) is 0.538. The first-order chi connectivity index (χ1) is 8.72. The summed E-state index contributed by atoms with van der Waals surface area (Å²) in [4.78, 5) is 18.2. The Labute approximate surface area is 107 Å². The summed E-state index contributed by atoms with van der Waals surface area (Å²) in [5.74, 6) is -0.00838. The van der Waals surface area contributed by atoms with Gasteiger partial charge in [0, 0.05) is 32.0 Å². The Balaban J connectivity index is 2.13. The van der Waals surface area contributed by atoms with Crippen LogP contribution in [0.25, 0.3) is 0 Å². The van der Waals surface area contributed by atoms with Crippen molar-refractivity contribution in [2.45, 2.75) is 25.9 Å². The van der Waals surface area contributed by atoms with Gasteiger partial charge >= 0.3 is 0 Å². The van der Waals surface area contributed by atoms with Gasteiger partial charge in [-0.2, -0.15) is 0 Å². The quantitative estimate of drug-likeness (QED) is 0.842. The van der Waals surface area contributed by atoms with Gasteiger partial charge in [-0.15, -0.1) is 0 Å². The molecule has 0 radical (unpaired) electrons. The lowest BCUT2D eigenvalue weighted by Crippen LogP contribution is -2.40. The maximum absolute atomic E-state index is 12.4. The second-order valence-electron chi connectivity index (χ2n) is 4.47. The van der Waals surface area contributed by atoms with E-state index in [1.807, 2.05) is 13.0 Å². The lowest BCUT2D eigenvalue weighted by Gasteiger charge is -2.30. The third kappa shape index (κ3) is 2.79. The zero-order valence-electron chi connectivity index (χ0n) is 10.6. The molecule has 0 bridgehead atoms. The molecule has 1 saturated heterocycles. The third-order valence-corrected chi connectivity index (χ3v) is 3.17. The SMILES string of the molecule is CCNc1ccncc1C(=O)N1CCC(O)CC1. The normalized spacial score (nSPS) is 16.7. The predicted octanol–water partition coefficient (Wildman–Crippen LogP) is 1.11. The molecule has 98 valence electrons. The van der Waals surface area contributed by atoms with Crippen molar-refractivity contribution in [2.24, 2.45) is 0 Å². The summed E-state index contributed by atoms with van der Waals surface area (Å²) in [5, 5.41) is 12.6. The molecule has 18 heavy (non-hydrogen) atoms. The number of nitrogens with one attached hydrogen (secondary N) is 1. The number of likely N-dealkylation sites (tertiary alicyclic amines) is 1. The lowest BCUT2D eigenvalue weighted by molar-refractivity contribution is 0.0547. The maximum atomic E-state index is 12.4. The van der Waals surface area contributed by atoms with Gasteiger partial charge in [0.2, 0.25) is 0 Å². The molecule has 1 aromatic rings. The Morgan fingerprint density at radius 3 is 2.94 bits per heavy atom. The van der Waals surface area contributed by atoms with E-state index in [1.165, 1.54) is 0 Å². The Bertz CT molecular complexity index is 414. The molecule has 5 heteroatoms. The smallest absolute Gasteiger partial charge is 0.257 e. The molecule has 2 heterocycles. The van der Waals surface area contributed by atoms with Crippen molar-refractivity contribution in [3.05, 3.63) is 24.0 Å². The van der Waals surface area contributed by atoms with Crippen LogP contribution in [-0.4, -0.2) is 46.6 Å². The summed E-state index contributed by atoms with van der Waals surface area (Å²) >= 11 is 0. The van der Waals surface area contributed by atoms with Gasteiger partial charge in [0.05, 0.1) is 17.4 Å². The van der Waals surface area contributed by atoms with E-state index in [0.29, 0.717) is 31.5 Å². The van der Waals surface area contributed by atoms with Crippen molar-refractivity contribution in [2.75, 3.05) is 25.0 Å². The Hall–Kier alpha value is -1.62. The Kier molecular flexibility index (Phi) is 4.15. The van der Waals surface area contributed by atoms with Gasteiger partial charge in [-0.1, -0.05) is 0 Å². The summed E-state index contributed by atoms with van der Waals surface area (Å²) in [6, 6.07) is 1.82. The maximum Gasteiger partial charge on any atom is 0.257 e. The molecule has 0 aliphatic carbocycles. The summed E-state index contributed by atoms with van der Waals surface area (Å²) in [6.45, 7) is 3.98. The van der Waals surface area contributed by atoms with Gasteiger partial charge in [-0.3, -0.25) is 9.78 Å². The van der Waals surface area contributed by atoms with Crippen molar-refractivity contribution in [1.29, 1.82) is 0 Å². The molecule has 1 aromatic heterocycles. The summed E-state index contributed by atoms with van der Waals surface area (Å²) in [5.41, 5.74) is 1.43. The number of aliphatic hydroxyl groups excluding tert-OH is 1. The minimum absolute atomic E-state index is 0.00838. The standard InChI is InChI=1S/C13H19N3O2/c1-2-15-12-3-6-14-9-11(12)13(18)16-7-4-10(17)5-8-16/h3,6,9-10,17H,2,4-5,7-8H2,1H3,(H,14,15). The zero-order chi connectivity index (χ0) is 13.0. The van der Waals surface area contributed by atoms with Crippen LogP contribution in [0.2, 0.25) is 0 Å². The van der Waals surface area contributed by atoms with E-state index >= 15 is 0 Å². The molecule has 0 saturated carbocycles. The van der Waals surface area contributed by atoms with Crippen LogP contribution in [0, 0.1) is 0 Å². The zero-order valence-corrected chi connectivity index (χ0v) is 10.6. The van der Waals surface area contributed by atoms with E-state index < -0.39 is 0 Å². The number of hydrogen-bond donors (Lipinski definition) is 2. The van der Waals surface area contributed by atoms with Crippen molar-refractivity contribution < 1.29 is 9.90 Å². The van der Waals surface area contributed by atoms with Crippen molar-refractivity contribution in [3.8, 4) is 0 Å². The van der Waals surface area contributed by atoms with Gasteiger partial charge in [-0.25, -0.2) is 0 Å². The number of piperidine rings is 1. The highest BCUT2D eigenvalue weighted by Crippen LogP contribution is 2.19. The van der Waals surface area contributed by atoms with Crippen LogP contribution in [0.15, 0.2) is 18.5 Å². The van der Waals surface area contributed by atoms with Crippen molar-refractivity contribution >= 4 is 11.6 Å². The highest BCUT2D eigenvalue weighted by atomic mass is 16.3. The van der Waals surface area contributed by atoms with Crippen LogP contribution in [0.3, 0.4) is 0 Å². The minimum atomic E-state index is -0.267. The molecule has 1 aliphatic heterocycles. The number of hydrogen-bond acceptors (Lipinski definition) is 4. The molecule has 0 spiro atoms. The Morgan fingerprint density at radius 1 is 1.56 bits per heavy atom. The van der Waals surface area contributed by atoms with Gasteiger partial charge < -0.3 is 15.3 Å². The van der Waals surface area contributed by atoms with E-state index in [9.17, 15) is 9.90 Å². The van der Waals surface area contributed by atoms with E-state index in [0.717, 1.165) is 12.2 Å². The number of nitrogens with zero attached hydrogens (tertiary/aromatic N) is 2. The van der Waals surface area contributed by atoms with Crippen LogP contribution in [0.1, 0.15) is 30.1 Å². The first kappa shape index (κ1) is 12.8. The van der Waals surface area contributed by atoms with Gasteiger partial charge in [0.1, 0.15) is 0 Å². The second-order valence-corrected chi connectivity index (χ2v) is 4.47. The number of carbonyl (C=O) groups is 1. The first-order valence-corrected chi connectivity index (χ1v) is 6.37. The third-order valence-electron chi connectivity index (χ3n) is 3.17. The summed E-state index contributed by atoms with van der Waals surface area (Å²) in [6.07, 6.45) is 4.32. The van der Waals surface area contributed by atoms with E-state index in [2.05, 4.69) is 10.3 Å². The molecule has 0 atom stereocenters. The monoisotopic (exact) mass is 249 g/mol. The average molecular weight is 249 g/mol. The molecule has 1 amide bonds. The molecule has 0 aromatic carbocycles. The highest BCUT2D eigenvalue weighted by Gasteiger charge is 2.23. The minimum Gasteiger partial charge on any atom is -0.393 e. The van der Waals surface area contributed by atoms with E-state index in [4.69, 9.17) is 0 Å². The predicted molar refractivity (Wildman–Crippen MR) is 69.5 cm³/mol. The van der Waals surface area contributed by atoms with Crippen LogP contribution in [0.4, 0.5) is 5.69 Å². The number of amides is 1. The van der Waals surface area contributed by atoms with Crippen molar-refractivity contribution in [1.82, 2.24) is 9.88 Å². The summed E-state index contributed by atoms with van der Waals surface area (Å²) in [7, 11) is 0. The number of carbonyl (C=O) groups excluding carboxylic acids is 1. The fourth-order valence-corrected chi connectivity index (χ4v) is 2.15. The molecule has 1 fully saturated rings. The van der Waals surface area contributed by atoms with E-state index in [-0.39, 0.29) is 12.0 Å². The molecule has 2 rings (SSSR count). The number of rotatable bonds is 3. The molecule has 5 nitrogen and oxygen atoms in total. The molecule has 0 unspecified atom stereocenters. The second kappa shape index (κ2) is 5.82. The molecular formula is C13H19N3O2. The Morgan fingerprint density at radius 2 is 2.28 bits per heavy atom. The fourth-order valence-electron chi connectivity index (χ4n) is 2.15. The van der Waals surface area contributed by atoms with Crippen LogP contribution in [-0.2, 0) is 0 Å². The van der Waals surface area contributed by atoms with Crippen LogP contribution in [0.5, 0.6) is 0 Å². The number of anilines is 1. The summed E-state index contributed by atoms with van der Waals surface area (Å²) < 4.78 is 0. The van der Waals surface area contributed by atoms with E-state index in [1.54, 1.807) is 17.3 Å². The largest absolute Gasteiger partial charge is 0.393 e. The number of aliphatic hydroxyl groups is 1. The van der Waals surface area contributed by atoms with Gasteiger partial charge in [0.15, 0.2) is 0 Å². The average Bonchev–Trinajstić information content (AvgIpc) is 2.40. The lowest BCUT2D eigenvalue weighted by atomic mass is 10.1. The molecule has 2 N–H and O–H groups in total. The molecule has 1 aliphatic rings. The van der Waals surface area contributed by atoms with Crippen LogP contribution < -0.4 is 5.32 Å². The van der Waals surface area contributed by atoms with Crippen molar-refractivity contribution in [3.63, 3.8) is 0 Å². The number of pyridine rings is 1.